The van der Waals surface area contributed by atoms with E-state index in [1.54, 1.807) is 0 Å². The highest BCUT2D eigenvalue weighted by atomic mass is 16.5. The van der Waals surface area contributed by atoms with Crippen molar-refractivity contribution >= 4 is 0 Å². The number of hydrogen-bond acceptors (Lipinski definition) is 2. The molecule has 106 valence electrons. The SMILES string of the molecule is CCCOc1ccc(CCC2CC(C)CCN2)cc1. The van der Waals surface area contributed by atoms with Crippen LogP contribution in [0.1, 0.15) is 45.1 Å². The Labute approximate surface area is 117 Å². The maximum Gasteiger partial charge on any atom is 0.119 e. The molecule has 0 bridgehead atoms. The predicted octanol–water partition coefficient (Wildman–Crippen LogP) is 3.80. The standard InChI is InChI=1S/C17H27NO/c1-3-12-19-17-8-5-15(6-9-17)4-7-16-13-14(2)10-11-18-16/h5-6,8-9,14,16,18H,3-4,7,10-13H2,1-2H3. The zero-order valence-corrected chi connectivity index (χ0v) is 12.3. The lowest BCUT2D eigenvalue weighted by atomic mass is 9.91. The second kappa shape index (κ2) is 7.54. The minimum atomic E-state index is 0.708. The average molecular weight is 261 g/mol. The average Bonchev–Trinajstić information content (AvgIpc) is 2.44. The molecule has 0 radical (unpaired) electrons. The molecule has 1 aliphatic heterocycles. The molecular weight excluding hydrogens is 234 g/mol. The predicted molar refractivity (Wildman–Crippen MR) is 80.7 cm³/mol. The van der Waals surface area contributed by atoms with E-state index in [0.717, 1.165) is 24.7 Å². The number of hydrogen-bond donors (Lipinski definition) is 1. The highest BCUT2D eigenvalue weighted by Crippen LogP contribution is 2.19. The third-order valence-electron chi connectivity index (χ3n) is 3.93. The fourth-order valence-corrected chi connectivity index (χ4v) is 2.75. The van der Waals surface area contributed by atoms with Crippen LogP contribution in [0.5, 0.6) is 5.75 Å². The van der Waals surface area contributed by atoms with Crippen molar-refractivity contribution in [3.8, 4) is 5.75 Å². The van der Waals surface area contributed by atoms with Crippen molar-refractivity contribution in [1.82, 2.24) is 5.32 Å². The number of benzene rings is 1. The monoisotopic (exact) mass is 261 g/mol. The van der Waals surface area contributed by atoms with E-state index in [2.05, 4.69) is 43.4 Å². The van der Waals surface area contributed by atoms with Crippen LogP contribution < -0.4 is 10.1 Å². The Morgan fingerprint density at radius 2 is 2.05 bits per heavy atom. The zero-order chi connectivity index (χ0) is 13.5. The van der Waals surface area contributed by atoms with Crippen molar-refractivity contribution in [2.75, 3.05) is 13.2 Å². The summed E-state index contributed by atoms with van der Waals surface area (Å²) >= 11 is 0. The number of ether oxygens (including phenoxy) is 1. The fraction of sp³-hybridized carbons (Fsp3) is 0.647. The molecule has 1 heterocycles. The minimum Gasteiger partial charge on any atom is -0.494 e. The Kier molecular flexibility index (Phi) is 5.71. The van der Waals surface area contributed by atoms with E-state index >= 15 is 0 Å². The van der Waals surface area contributed by atoms with Gasteiger partial charge in [-0.15, -0.1) is 0 Å². The maximum atomic E-state index is 5.61. The van der Waals surface area contributed by atoms with E-state index < -0.39 is 0 Å². The summed E-state index contributed by atoms with van der Waals surface area (Å²) in [7, 11) is 0. The van der Waals surface area contributed by atoms with Crippen LogP contribution in [-0.2, 0) is 6.42 Å². The van der Waals surface area contributed by atoms with Gasteiger partial charge in [-0.05, 0) is 62.3 Å². The van der Waals surface area contributed by atoms with E-state index in [1.165, 1.54) is 37.8 Å². The van der Waals surface area contributed by atoms with Gasteiger partial charge < -0.3 is 10.1 Å². The first kappa shape index (κ1) is 14.4. The summed E-state index contributed by atoms with van der Waals surface area (Å²) < 4.78 is 5.61. The van der Waals surface area contributed by atoms with Crippen molar-refractivity contribution in [2.45, 2.75) is 52.0 Å². The third-order valence-corrected chi connectivity index (χ3v) is 3.93. The van der Waals surface area contributed by atoms with Gasteiger partial charge in [-0.2, -0.15) is 0 Å². The van der Waals surface area contributed by atoms with Gasteiger partial charge in [-0.1, -0.05) is 26.0 Å². The molecular formula is C17H27NO. The molecule has 0 aromatic heterocycles. The molecule has 0 saturated carbocycles. The van der Waals surface area contributed by atoms with Gasteiger partial charge >= 0.3 is 0 Å². The normalized spacial score (nSPS) is 23.3. The van der Waals surface area contributed by atoms with Crippen LogP contribution in [0.3, 0.4) is 0 Å². The molecule has 2 unspecified atom stereocenters. The molecule has 1 aromatic carbocycles. The molecule has 0 spiro atoms. The highest BCUT2D eigenvalue weighted by Gasteiger charge is 2.17. The third kappa shape index (κ3) is 4.87. The molecule has 2 atom stereocenters. The van der Waals surface area contributed by atoms with Gasteiger partial charge in [0, 0.05) is 6.04 Å². The molecule has 0 amide bonds. The van der Waals surface area contributed by atoms with Crippen LogP contribution >= 0.6 is 0 Å². The number of rotatable bonds is 6. The van der Waals surface area contributed by atoms with Crippen LogP contribution in [-0.4, -0.2) is 19.2 Å². The molecule has 1 saturated heterocycles. The molecule has 2 heteroatoms. The lowest BCUT2D eigenvalue weighted by Crippen LogP contribution is -2.37. The zero-order valence-electron chi connectivity index (χ0n) is 12.3. The molecule has 2 nitrogen and oxygen atoms in total. The second-order valence-corrected chi connectivity index (χ2v) is 5.81. The van der Waals surface area contributed by atoms with Gasteiger partial charge in [0.05, 0.1) is 6.61 Å². The van der Waals surface area contributed by atoms with Gasteiger partial charge in [0.25, 0.3) is 0 Å². The van der Waals surface area contributed by atoms with Gasteiger partial charge in [0.15, 0.2) is 0 Å². The maximum absolute atomic E-state index is 5.61. The molecule has 19 heavy (non-hydrogen) atoms. The van der Waals surface area contributed by atoms with Crippen LogP contribution in [0.2, 0.25) is 0 Å². The van der Waals surface area contributed by atoms with Gasteiger partial charge in [0.2, 0.25) is 0 Å². The second-order valence-electron chi connectivity index (χ2n) is 5.81. The Hall–Kier alpha value is -1.02. The lowest BCUT2D eigenvalue weighted by molar-refractivity contribution is 0.308. The quantitative estimate of drug-likeness (QED) is 0.841. The van der Waals surface area contributed by atoms with Gasteiger partial charge in [0.1, 0.15) is 5.75 Å². The molecule has 1 fully saturated rings. The van der Waals surface area contributed by atoms with E-state index in [0.29, 0.717) is 6.04 Å². The van der Waals surface area contributed by atoms with Crippen molar-refractivity contribution in [1.29, 1.82) is 0 Å². The first-order valence-electron chi connectivity index (χ1n) is 7.73. The Morgan fingerprint density at radius 3 is 2.74 bits per heavy atom. The number of nitrogens with one attached hydrogen (secondary N) is 1. The van der Waals surface area contributed by atoms with Crippen LogP contribution in [0.15, 0.2) is 24.3 Å². The smallest absolute Gasteiger partial charge is 0.119 e. The topological polar surface area (TPSA) is 21.3 Å². The summed E-state index contributed by atoms with van der Waals surface area (Å²) in [5, 5.41) is 3.63. The van der Waals surface area contributed by atoms with E-state index in [4.69, 9.17) is 4.74 Å². The summed E-state index contributed by atoms with van der Waals surface area (Å²) in [5.41, 5.74) is 1.42. The van der Waals surface area contributed by atoms with Crippen molar-refractivity contribution in [3.05, 3.63) is 29.8 Å². The molecule has 1 aromatic rings. The Morgan fingerprint density at radius 1 is 1.26 bits per heavy atom. The fourth-order valence-electron chi connectivity index (χ4n) is 2.75. The number of piperidine rings is 1. The summed E-state index contributed by atoms with van der Waals surface area (Å²) in [5.74, 6) is 1.88. The molecule has 2 rings (SSSR count). The lowest BCUT2D eigenvalue weighted by Gasteiger charge is -2.28. The van der Waals surface area contributed by atoms with E-state index in [-0.39, 0.29) is 0 Å². The van der Waals surface area contributed by atoms with Crippen LogP contribution in [0.4, 0.5) is 0 Å². The van der Waals surface area contributed by atoms with Crippen molar-refractivity contribution < 1.29 is 4.74 Å². The number of aryl methyl sites for hydroxylation is 1. The summed E-state index contributed by atoms with van der Waals surface area (Å²) in [4.78, 5) is 0. The van der Waals surface area contributed by atoms with E-state index in [1.807, 2.05) is 0 Å². The Balaban J connectivity index is 1.76. The van der Waals surface area contributed by atoms with Crippen LogP contribution in [0, 0.1) is 5.92 Å². The molecule has 0 aliphatic carbocycles. The largest absolute Gasteiger partial charge is 0.494 e. The minimum absolute atomic E-state index is 0.708. The first-order valence-corrected chi connectivity index (χ1v) is 7.73. The summed E-state index contributed by atoms with van der Waals surface area (Å²) in [6.45, 7) is 6.50. The summed E-state index contributed by atoms with van der Waals surface area (Å²) in [6.07, 6.45) is 6.14. The first-order chi connectivity index (χ1) is 9.28. The van der Waals surface area contributed by atoms with E-state index in [9.17, 15) is 0 Å². The molecule has 1 N–H and O–H groups in total. The van der Waals surface area contributed by atoms with Crippen molar-refractivity contribution in [2.24, 2.45) is 5.92 Å². The van der Waals surface area contributed by atoms with Gasteiger partial charge in [-0.25, -0.2) is 0 Å². The summed E-state index contributed by atoms with van der Waals surface area (Å²) in [6, 6.07) is 9.32. The van der Waals surface area contributed by atoms with Crippen LogP contribution in [0.25, 0.3) is 0 Å². The highest BCUT2D eigenvalue weighted by molar-refractivity contribution is 5.27. The van der Waals surface area contributed by atoms with Crippen molar-refractivity contribution in [3.63, 3.8) is 0 Å². The van der Waals surface area contributed by atoms with Gasteiger partial charge in [-0.3, -0.25) is 0 Å². The molecule has 1 aliphatic rings. The Bertz CT molecular complexity index is 360.